The number of ether oxygens (including phenoxy) is 1. The van der Waals surface area contributed by atoms with Crippen molar-refractivity contribution in [3.05, 3.63) is 24.3 Å². The van der Waals surface area contributed by atoms with Crippen LogP contribution in [0.1, 0.15) is 129 Å². The average Bonchev–Trinajstić information content (AvgIpc) is 2.74. The molecule has 0 radical (unpaired) electrons. The zero-order chi connectivity index (χ0) is 23.0. The van der Waals surface area contributed by atoms with E-state index in [1.807, 2.05) is 0 Å². The summed E-state index contributed by atoms with van der Waals surface area (Å²) in [5.41, 5.74) is 0. The van der Waals surface area contributed by atoms with Gasteiger partial charge in [-0.05, 0) is 44.4 Å². The highest BCUT2D eigenvalue weighted by Gasteiger charge is 2.14. The van der Waals surface area contributed by atoms with Crippen LogP contribution in [0.5, 0.6) is 0 Å². The molecule has 0 aliphatic rings. The number of hydrogen-bond acceptors (Lipinski definition) is 2. The van der Waals surface area contributed by atoms with Gasteiger partial charge in [0.15, 0.2) is 6.10 Å². The van der Waals surface area contributed by atoms with E-state index in [-0.39, 0.29) is 0 Å². The van der Waals surface area contributed by atoms with Gasteiger partial charge >= 0.3 is 5.97 Å². The Morgan fingerprint density at radius 1 is 0.645 bits per heavy atom. The van der Waals surface area contributed by atoms with E-state index >= 15 is 0 Å². The number of rotatable bonds is 23. The lowest BCUT2D eigenvalue weighted by molar-refractivity contribution is -0.148. The minimum absolute atomic E-state index is 0.538. The van der Waals surface area contributed by atoms with E-state index in [2.05, 4.69) is 38.2 Å². The highest BCUT2D eigenvalue weighted by molar-refractivity contribution is 5.72. The van der Waals surface area contributed by atoms with Gasteiger partial charge in [0.1, 0.15) is 0 Å². The molecule has 3 heteroatoms. The molecule has 0 amide bonds. The molecule has 0 unspecified atom stereocenters. The van der Waals surface area contributed by atoms with Gasteiger partial charge in [0.05, 0.1) is 0 Å². The molecular formula is C28H52O3. The Balaban J connectivity index is 3.26. The molecular weight excluding hydrogens is 384 g/mol. The van der Waals surface area contributed by atoms with Crippen molar-refractivity contribution in [2.45, 2.75) is 136 Å². The summed E-state index contributed by atoms with van der Waals surface area (Å²) in [4.78, 5) is 10.8. The molecule has 0 saturated heterocycles. The maximum atomic E-state index is 10.8. The lowest BCUT2D eigenvalue weighted by Crippen LogP contribution is -2.21. The highest BCUT2D eigenvalue weighted by atomic mass is 16.5. The van der Waals surface area contributed by atoms with Gasteiger partial charge in [-0.3, -0.25) is 0 Å². The Morgan fingerprint density at radius 2 is 1.06 bits per heavy atom. The number of allylic oxidation sites excluding steroid dienone is 4. The van der Waals surface area contributed by atoms with Crippen LogP contribution in [-0.2, 0) is 9.53 Å². The summed E-state index contributed by atoms with van der Waals surface area (Å²) in [5, 5.41) is 8.89. The van der Waals surface area contributed by atoms with Crippen molar-refractivity contribution in [1.29, 1.82) is 0 Å². The molecule has 0 aliphatic carbocycles. The summed E-state index contributed by atoms with van der Waals surface area (Å²) >= 11 is 0. The molecule has 0 heterocycles. The third-order valence-electron chi connectivity index (χ3n) is 5.89. The summed E-state index contributed by atoms with van der Waals surface area (Å²) in [5.74, 6) is -0.00443. The van der Waals surface area contributed by atoms with E-state index in [0.29, 0.717) is 6.42 Å². The fraction of sp³-hybridized carbons (Fsp3) is 0.821. The molecule has 0 spiro atoms. The van der Waals surface area contributed by atoms with Crippen LogP contribution < -0.4 is 0 Å². The van der Waals surface area contributed by atoms with Crippen LogP contribution >= 0.6 is 0 Å². The molecule has 1 atom stereocenters. The lowest BCUT2D eigenvalue weighted by Gasteiger charge is -2.07. The van der Waals surface area contributed by atoms with Gasteiger partial charge in [0.25, 0.3) is 0 Å². The van der Waals surface area contributed by atoms with Crippen molar-refractivity contribution in [1.82, 2.24) is 0 Å². The molecule has 182 valence electrons. The van der Waals surface area contributed by atoms with Gasteiger partial charge in [0, 0.05) is 7.11 Å². The molecule has 0 fully saturated rings. The number of aliphatic carboxylic acids is 1. The molecule has 0 aromatic carbocycles. The maximum absolute atomic E-state index is 10.8. The van der Waals surface area contributed by atoms with Crippen LogP contribution in [0.25, 0.3) is 0 Å². The number of carboxylic acids is 1. The third kappa shape index (κ3) is 23.4. The first kappa shape index (κ1) is 29.9. The van der Waals surface area contributed by atoms with Crippen LogP contribution in [0.3, 0.4) is 0 Å². The monoisotopic (exact) mass is 436 g/mol. The van der Waals surface area contributed by atoms with E-state index in [1.165, 1.54) is 97.0 Å². The second kappa shape index (κ2) is 23.6. The molecule has 0 aliphatic heterocycles. The number of carbonyl (C=O) groups is 1. The Bertz CT molecular complexity index is 440. The van der Waals surface area contributed by atoms with Gasteiger partial charge in [-0.15, -0.1) is 0 Å². The fourth-order valence-corrected chi connectivity index (χ4v) is 3.84. The fourth-order valence-electron chi connectivity index (χ4n) is 3.84. The molecule has 0 aromatic heterocycles. The molecule has 0 saturated carbocycles. The predicted octanol–water partition coefficient (Wildman–Crippen LogP) is 8.88. The SMILES string of the molecule is CO[C@H](CC/C=C\CC/C=C\CCCCCCCCCCCCCCC(C)C)C(=O)O. The topological polar surface area (TPSA) is 46.5 Å². The number of carboxylic acid groups (broad SMARTS) is 1. The largest absolute Gasteiger partial charge is 0.479 e. The van der Waals surface area contributed by atoms with Crippen LogP contribution in [0.2, 0.25) is 0 Å². The average molecular weight is 437 g/mol. The van der Waals surface area contributed by atoms with Crippen LogP contribution in [-0.4, -0.2) is 24.3 Å². The summed E-state index contributed by atoms with van der Waals surface area (Å²) < 4.78 is 4.92. The zero-order valence-corrected chi connectivity index (χ0v) is 21.0. The van der Waals surface area contributed by atoms with Crippen molar-refractivity contribution in [2.24, 2.45) is 5.92 Å². The number of hydrogen-bond donors (Lipinski definition) is 1. The minimum atomic E-state index is -0.878. The Labute approximate surface area is 193 Å². The molecule has 0 aromatic rings. The third-order valence-corrected chi connectivity index (χ3v) is 5.89. The predicted molar refractivity (Wildman–Crippen MR) is 135 cm³/mol. The first-order valence-corrected chi connectivity index (χ1v) is 13.1. The summed E-state index contributed by atoms with van der Waals surface area (Å²) in [7, 11) is 1.45. The lowest BCUT2D eigenvalue weighted by atomic mass is 10.0. The molecule has 0 bridgehead atoms. The zero-order valence-electron chi connectivity index (χ0n) is 21.0. The summed E-state index contributed by atoms with van der Waals surface area (Å²) in [6.07, 6.45) is 31.1. The normalized spacial score (nSPS) is 13.0. The number of methoxy groups -OCH3 is 1. The second-order valence-electron chi connectivity index (χ2n) is 9.37. The first-order valence-electron chi connectivity index (χ1n) is 13.1. The number of unbranched alkanes of at least 4 members (excludes halogenated alkanes) is 13. The van der Waals surface area contributed by atoms with Gasteiger partial charge in [0.2, 0.25) is 0 Å². The van der Waals surface area contributed by atoms with Crippen molar-refractivity contribution in [3.63, 3.8) is 0 Å². The van der Waals surface area contributed by atoms with E-state index in [9.17, 15) is 4.79 Å². The van der Waals surface area contributed by atoms with Crippen molar-refractivity contribution >= 4 is 5.97 Å². The minimum Gasteiger partial charge on any atom is -0.479 e. The van der Waals surface area contributed by atoms with Crippen molar-refractivity contribution < 1.29 is 14.6 Å². The highest BCUT2D eigenvalue weighted by Crippen LogP contribution is 2.14. The van der Waals surface area contributed by atoms with Gasteiger partial charge in [-0.2, -0.15) is 0 Å². The first-order chi connectivity index (χ1) is 15.1. The molecule has 31 heavy (non-hydrogen) atoms. The quantitative estimate of drug-likeness (QED) is 0.128. The van der Waals surface area contributed by atoms with E-state index in [1.54, 1.807) is 0 Å². The molecule has 1 N–H and O–H groups in total. The van der Waals surface area contributed by atoms with Crippen molar-refractivity contribution in [2.75, 3.05) is 7.11 Å². The van der Waals surface area contributed by atoms with Gasteiger partial charge in [-0.25, -0.2) is 4.79 Å². The van der Waals surface area contributed by atoms with Crippen molar-refractivity contribution in [3.8, 4) is 0 Å². The van der Waals surface area contributed by atoms with E-state index < -0.39 is 12.1 Å². The Hall–Kier alpha value is -1.09. The summed E-state index contributed by atoms with van der Waals surface area (Å²) in [6, 6.07) is 0. The molecule has 0 rings (SSSR count). The van der Waals surface area contributed by atoms with Gasteiger partial charge in [-0.1, -0.05) is 115 Å². The van der Waals surface area contributed by atoms with E-state index in [4.69, 9.17) is 9.84 Å². The van der Waals surface area contributed by atoms with Crippen LogP contribution in [0.15, 0.2) is 24.3 Å². The maximum Gasteiger partial charge on any atom is 0.332 e. The smallest absolute Gasteiger partial charge is 0.332 e. The second-order valence-corrected chi connectivity index (χ2v) is 9.37. The Morgan fingerprint density at radius 3 is 1.52 bits per heavy atom. The molecule has 3 nitrogen and oxygen atoms in total. The van der Waals surface area contributed by atoms with Gasteiger partial charge < -0.3 is 9.84 Å². The summed E-state index contributed by atoms with van der Waals surface area (Å²) in [6.45, 7) is 4.65. The van der Waals surface area contributed by atoms with Crippen LogP contribution in [0.4, 0.5) is 0 Å². The standard InChI is InChI=1S/C28H52O3/c1-26(2)24-22-20-18-16-14-12-10-8-6-4-5-7-9-11-13-15-17-19-21-23-25-27(31-3)28(29)30/h11,13,19,21,26-27H,4-10,12,14-18,20,22-25H2,1-3H3,(H,29,30)/b13-11-,21-19-/t27-/m1/s1. The van der Waals surface area contributed by atoms with Crippen LogP contribution in [0, 0.1) is 5.92 Å². The Kier molecular flexibility index (Phi) is 22.7. The van der Waals surface area contributed by atoms with E-state index in [0.717, 1.165) is 25.2 Å².